The minimum atomic E-state index is -2.91. The molecule has 5 rings (SSSR count). The number of esters is 1. The lowest BCUT2D eigenvalue weighted by molar-refractivity contribution is -0.175. The van der Waals surface area contributed by atoms with Crippen LogP contribution in [0.5, 0.6) is 0 Å². The number of ketones is 2. The number of carbonyl (C=O) groups is 3. The molecule has 0 spiro atoms. The van der Waals surface area contributed by atoms with E-state index in [1.807, 2.05) is 6.92 Å². The van der Waals surface area contributed by atoms with Crippen LogP contribution in [0.2, 0.25) is 0 Å². The Morgan fingerprint density at radius 2 is 1.72 bits per heavy atom. The number of fused-ring (bicyclic) bond motifs is 7. The molecule has 212 valence electrons. The number of allylic oxidation sites excluding steroid dienone is 4. The van der Waals surface area contributed by atoms with Gasteiger partial charge in [-0.15, -0.1) is 0 Å². The number of hydrogen-bond acceptors (Lipinski definition) is 4. The van der Waals surface area contributed by atoms with E-state index in [1.165, 1.54) is 14.0 Å². The van der Waals surface area contributed by atoms with Gasteiger partial charge in [-0.25, -0.2) is 13.6 Å². The predicted molar refractivity (Wildman–Crippen MR) is 142 cm³/mol. The van der Waals surface area contributed by atoms with E-state index in [9.17, 15) is 23.2 Å². The average Bonchev–Trinajstić information content (AvgIpc) is 2.85. The maximum absolute atomic E-state index is 14.7. The van der Waals surface area contributed by atoms with Gasteiger partial charge in [0, 0.05) is 11.3 Å². The molecule has 5 nitrogen and oxygen atoms in total. The zero-order valence-electron chi connectivity index (χ0n) is 24.2. The number of ether oxygens (including phenoxy) is 1. The summed E-state index contributed by atoms with van der Waals surface area (Å²) in [6.45, 7) is 19.5. The first-order valence-electron chi connectivity index (χ1n) is 14.3. The standard InChI is InChI=1S/C32H41F2NO4/c1-28(2)14-18-17(19(15-28)26(38)39-8)9-11-31(5)24(18)21(36)13-23-29(3)16-20(35-7)25(37)32(6,27(33)34)22(29)10-12-30(23,31)4/h13,16-19,22,24,27H,9-12,14-15H2,1-6,8H3/t17?,18-,19-,22-,24+,29+,30-,31-,32+/m1/s1. The average molecular weight is 542 g/mol. The van der Waals surface area contributed by atoms with Crippen molar-refractivity contribution >= 4 is 17.5 Å². The second-order valence-corrected chi connectivity index (χ2v) is 14.7. The summed E-state index contributed by atoms with van der Waals surface area (Å²) < 4.78 is 34.5. The number of carbonyl (C=O) groups excluding carboxylic acids is 3. The fraction of sp³-hybridized carbons (Fsp3) is 0.750. The summed E-state index contributed by atoms with van der Waals surface area (Å²) >= 11 is 0. The number of rotatable bonds is 2. The van der Waals surface area contributed by atoms with Crippen molar-refractivity contribution in [2.75, 3.05) is 7.11 Å². The Bertz CT molecular complexity index is 1240. The Morgan fingerprint density at radius 3 is 2.31 bits per heavy atom. The Morgan fingerprint density at radius 1 is 1.05 bits per heavy atom. The van der Waals surface area contributed by atoms with Gasteiger partial charge in [0.2, 0.25) is 12.1 Å². The molecular formula is C32H41F2NO4. The minimum Gasteiger partial charge on any atom is -0.469 e. The molecule has 3 saturated carbocycles. The van der Waals surface area contributed by atoms with Gasteiger partial charge in [-0.3, -0.25) is 9.59 Å². The fourth-order valence-corrected chi connectivity index (χ4v) is 10.4. The van der Waals surface area contributed by atoms with Crippen LogP contribution in [0.15, 0.2) is 23.4 Å². The molecule has 0 aromatic rings. The molecule has 0 amide bonds. The summed E-state index contributed by atoms with van der Waals surface area (Å²) in [5.74, 6) is -2.13. The van der Waals surface area contributed by atoms with E-state index >= 15 is 0 Å². The predicted octanol–water partition coefficient (Wildman–Crippen LogP) is 6.83. The maximum Gasteiger partial charge on any atom is 0.308 e. The van der Waals surface area contributed by atoms with E-state index in [4.69, 9.17) is 11.3 Å². The first-order valence-corrected chi connectivity index (χ1v) is 14.3. The third-order valence-corrected chi connectivity index (χ3v) is 12.4. The van der Waals surface area contributed by atoms with Crippen molar-refractivity contribution in [2.24, 2.45) is 56.7 Å². The van der Waals surface area contributed by atoms with Crippen molar-refractivity contribution in [3.63, 3.8) is 0 Å². The second kappa shape index (κ2) is 8.57. The summed E-state index contributed by atoms with van der Waals surface area (Å²) in [5, 5.41) is 0. The Balaban J connectivity index is 1.67. The van der Waals surface area contributed by atoms with Crippen LogP contribution in [-0.4, -0.2) is 31.1 Å². The van der Waals surface area contributed by atoms with E-state index < -0.39 is 39.8 Å². The van der Waals surface area contributed by atoms with Crippen LogP contribution in [0.25, 0.3) is 4.85 Å². The van der Waals surface area contributed by atoms with Crippen LogP contribution < -0.4 is 0 Å². The number of alkyl halides is 2. The third-order valence-electron chi connectivity index (χ3n) is 12.4. The summed E-state index contributed by atoms with van der Waals surface area (Å²) in [5.41, 5.74) is -3.47. The van der Waals surface area contributed by atoms with E-state index in [-0.39, 0.29) is 46.5 Å². The SMILES string of the molecule is [C-]#[N+]C1=C[C@]2(C)C3=CC(=O)[C@@H]4[C@@H]5CC(C)(C)C[C@@H](C(=O)OC)C5CC[C@@]4(C)[C@]3(C)CC[C@H]2[C@](C)(C(F)F)C1=O. The van der Waals surface area contributed by atoms with Crippen LogP contribution in [0.1, 0.15) is 80.1 Å². The largest absolute Gasteiger partial charge is 0.469 e. The zero-order valence-corrected chi connectivity index (χ0v) is 24.2. The van der Waals surface area contributed by atoms with Crippen LogP contribution in [0.3, 0.4) is 0 Å². The molecule has 0 bridgehead atoms. The van der Waals surface area contributed by atoms with Crippen LogP contribution in [0.4, 0.5) is 8.78 Å². The van der Waals surface area contributed by atoms with E-state index in [1.54, 1.807) is 12.2 Å². The van der Waals surface area contributed by atoms with Crippen molar-refractivity contribution in [1.29, 1.82) is 0 Å². The molecule has 0 N–H and O–H groups in total. The molecule has 0 heterocycles. The second-order valence-electron chi connectivity index (χ2n) is 14.7. The molecule has 0 radical (unpaired) electrons. The fourth-order valence-electron chi connectivity index (χ4n) is 10.4. The molecule has 7 heteroatoms. The van der Waals surface area contributed by atoms with Gasteiger partial charge in [0.15, 0.2) is 11.6 Å². The van der Waals surface area contributed by atoms with Crippen molar-refractivity contribution in [2.45, 2.75) is 86.5 Å². The van der Waals surface area contributed by atoms with Gasteiger partial charge in [-0.1, -0.05) is 46.3 Å². The Hall–Kier alpha value is -2.36. The molecule has 9 atom stereocenters. The van der Waals surface area contributed by atoms with Gasteiger partial charge in [0.05, 0.1) is 25.0 Å². The minimum absolute atomic E-state index is 0.00345. The highest BCUT2D eigenvalue weighted by Gasteiger charge is 2.70. The molecule has 5 aliphatic rings. The van der Waals surface area contributed by atoms with E-state index in [0.717, 1.165) is 31.3 Å². The Labute approximate surface area is 230 Å². The highest BCUT2D eigenvalue weighted by atomic mass is 19.3. The monoisotopic (exact) mass is 541 g/mol. The summed E-state index contributed by atoms with van der Waals surface area (Å²) in [7, 11) is 1.43. The molecule has 5 aliphatic carbocycles. The van der Waals surface area contributed by atoms with Crippen molar-refractivity contribution in [3.8, 4) is 0 Å². The molecule has 1 unspecified atom stereocenters. The third kappa shape index (κ3) is 3.48. The highest BCUT2D eigenvalue weighted by molar-refractivity contribution is 6.03. The van der Waals surface area contributed by atoms with Crippen LogP contribution in [0, 0.1) is 63.2 Å². The topological polar surface area (TPSA) is 64.8 Å². The lowest BCUT2D eigenvalue weighted by Gasteiger charge is -2.68. The number of halogens is 2. The lowest BCUT2D eigenvalue weighted by atomic mass is 9.35. The molecule has 0 aromatic carbocycles. The summed E-state index contributed by atoms with van der Waals surface area (Å²) in [6.07, 6.45) is 4.53. The maximum atomic E-state index is 14.7. The molecule has 39 heavy (non-hydrogen) atoms. The Kier molecular flexibility index (Phi) is 6.19. The normalized spacial score (nSPS) is 46.5. The number of methoxy groups -OCH3 is 1. The smallest absolute Gasteiger partial charge is 0.308 e. The first-order chi connectivity index (χ1) is 18.0. The number of Topliss-reactive ketones (excluding diaryl/α,β-unsaturated/α-hetero) is 1. The lowest BCUT2D eigenvalue weighted by Crippen LogP contribution is -2.64. The van der Waals surface area contributed by atoms with Crippen molar-refractivity contribution in [3.05, 3.63) is 34.8 Å². The van der Waals surface area contributed by atoms with Gasteiger partial charge in [0.25, 0.3) is 0 Å². The quantitative estimate of drug-likeness (QED) is 0.284. The van der Waals surface area contributed by atoms with Gasteiger partial charge in [-0.2, -0.15) is 0 Å². The van der Waals surface area contributed by atoms with E-state index in [2.05, 4.69) is 32.5 Å². The van der Waals surface area contributed by atoms with Crippen LogP contribution in [-0.2, 0) is 19.1 Å². The van der Waals surface area contributed by atoms with E-state index in [0.29, 0.717) is 12.8 Å². The molecule has 0 saturated heterocycles. The molecule has 3 fully saturated rings. The molecule has 0 aliphatic heterocycles. The summed E-state index contributed by atoms with van der Waals surface area (Å²) in [4.78, 5) is 43.7. The summed E-state index contributed by atoms with van der Waals surface area (Å²) in [6, 6.07) is 0. The van der Waals surface area contributed by atoms with Crippen molar-refractivity contribution < 1.29 is 27.9 Å². The molecule has 0 aromatic heterocycles. The number of nitrogens with zero attached hydrogens (tertiary/aromatic N) is 1. The van der Waals surface area contributed by atoms with Gasteiger partial charge in [0.1, 0.15) is 0 Å². The van der Waals surface area contributed by atoms with Gasteiger partial charge in [-0.05, 0) is 85.5 Å². The highest BCUT2D eigenvalue weighted by Crippen LogP contribution is 2.73. The van der Waals surface area contributed by atoms with Gasteiger partial charge < -0.3 is 9.53 Å². The zero-order chi connectivity index (χ0) is 28.9. The van der Waals surface area contributed by atoms with Crippen molar-refractivity contribution in [1.82, 2.24) is 0 Å². The number of hydrogen-bond donors (Lipinski definition) is 0. The van der Waals surface area contributed by atoms with Gasteiger partial charge >= 0.3 is 5.97 Å². The van der Waals surface area contributed by atoms with Crippen LogP contribution >= 0.6 is 0 Å². The molecular weight excluding hydrogens is 500 g/mol. The first kappa shape index (κ1) is 28.2.